The van der Waals surface area contributed by atoms with Crippen molar-refractivity contribution in [3.05, 3.63) is 77.0 Å². The first kappa shape index (κ1) is 21.3. The second-order valence-electron chi connectivity index (χ2n) is 7.64. The molecular formula is C23H19ClFN5O3. The maximum Gasteiger partial charge on any atom is 0.276 e. The number of carbonyl (C=O) groups is 1. The minimum atomic E-state index is -0.429. The molecule has 168 valence electrons. The number of rotatable bonds is 5. The zero-order chi connectivity index (χ0) is 22.8. The van der Waals surface area contributed by atoms with E-state index in [0.29, 0.717) is 49.5 Å². The second-order valence-corrected chi connectivity index (χ2v) is 8.08. The van der Waals surface area contributed by atoms with Crippen LogP contribution in [0, 0.1) is 5.82 Å². The molecule has 0 N–H and O–H groups in total. The largest absolute Gasteiger partial charge is 0.355 e. The Labute approximate surface area is 193 Å². The average Bonchev–Trinajstić information content (AvgIpc) is 3.50. The van der Waals surface area contributed by atoms with Gasteiger partial charge in [0.25, 0.3) is 5.91 Å². The van der Waals surface area contributed by atoms with Crippen molar-refractivity contribution in [2.45, 2.75) is 6.54 Å². The van der Waals surface area contributed by atoms with E-state index in [2.05, 4.69) is 20.2 Å². The van der Waals surface area contributed by atoms with Crippen molar-refractivity contribution in [1.29, 1.82) is 0 Å². The van der Waals surface area contributed by atoms with Crippen LogP contribution in [0.15, 0.2) is 63.6 Å². The van der Waals surface area contributed by atoms with E-state index in [4.69, 9.17) is 20.6 Å². The van der Waals surface area contributed by atoms with Crippen LogP contribution in [0.5, 0.6) is 0 Å². The van der Waals surface area contributed by atoms with Gasteiger partial charge >= 0.3 is 0 Å². The van der Waals surface area contributed by atoms with Crippen LogP contribution < -0.4 is 0 Å². The number of halogens is 2. The lowest BCUT2D eigenvalue weighted by atomic mass is 10.1. The lowest BCUT2D eigenvalue weighted by Gasteiger charge is -2.33. The summed E-state index contributed by atoms with van der Waals surface area (Å²) in [5.74, 6) is 0.561. The zero-order valence-corrected chi connectivity index (χ0v) is 18.2. The number of hydrogen-bond donors (Lipinski definition) is 0. The van der Waals surface area contributed by atoms with Crippen LogP contribution in [0.4, 0.5) is 4.39 Å². The molecule has 1 aliphatic heterocycles. The molecule has 8 nitrogen and oxygen atoms in total. The molecule has 1 fully saturated rings. The van der Waals surface area contributed by atoms with Crippen LogP contribution in [0.1, 0.15) is 16.4 Å². The summed E-state index contributed by atoms with van der Waals surface area (Å²) in [6.07, 6.45) is 0. The molecule has 10 heteroatoms. The normalized spacial score (nSPS) is 14.5. The fourth-order valence-corrected chi connectivity index (χ4v) is 3.79. The summed E-state index contributed by atoms with van der Waals surface area (Å²) in [4.78, 5) is 21.1. The highest BCUT2D eigenvalue weighted by Gasteiger charge is 2.26. The van der Waals surface area contributed by atoms with E-state index in [1.54, 1.807) is 35.2 Å². The molecule has 1 amide bonds. The molecule has 1 aliphatic rings. The maximum absolute atomic E-state index is 14.0. The monoisotopic (exact) mass is 467 g/mol. The van der Waals surface area contributed by atoms with E-state index in [-0.39, 0.29) is 22.9 Å². The first-order valence-electron chi connectivity index (χ1n) is 10.4. The molecule has 0 saturated carbocycles. The maximum atomic E-state index is 14.0. The standard InChI is InChI=1S/C23H19ClFN5O3/c24-16-7-5-15(6-8-16)22-26-21(33-28-22)14-29-9-11-30(12-10-29)23(31)19-13-20(32-27-19)17-3-1-2-4-18(17)25/h1-8,13H,9-12,14H2. The van der Waals surface area contributed by atoms with Crippen molar-refractivity contribution in [1.82, 2.24) is 25.1 Å². The van der Waals surface area contributed by atoms with Crippen molar-refractivity contribution in [2.75, 3.05) is 26.2 Å². The predicted octanol–water partition coefficient (Wildman–Crippen LogP) is 4.14. The Morgan fingerprint density at radius 1 is 1.00 bits per heavy atom. The van der Waals surface area contributed by atoms with Crippen molar-refractivity contribution in [2.24, 2.45) is 0 Å². The molecule has 5 rings (SSSR count). The van der Waals surface area contributed by atoms with Gasteiger partial charge in [0.2, 0.25) is 11.7 Å². The Kier molecular flexibility index (Phi) is 5.89. The third-order valence-corrected chi connectivity index (χ3v) is 5.71. The third kappa shape index (κ3) is 4.64. The number of piperazine rings is 1. The fourth-order valence-electron chi connectivity index (χ4n) is 3.66. The molecule has 1 saturated heterocycles. The number of nitrogens with zero attached hydrogens (tertiary/aromatic N) is 5. The Hall–Kier alpha value is -3.56. The Bertz CT molecular complexity index is 1270. The number of carbonyl (C=O) groups excluding carboxylic acids is 1. The number of hydrogen-bond acceptors (Lipinski definition) is 7. The molecule has 0 spiro atoms. The van der Waals surface area contributed by atoms with E-state index in [0.717, 1.165) is 5.56 Å². The summed E-state index contributed by atoms with van der Waals surface area (Å²) in [5, 5.41) is 8.52. The van der Waals surface area contributed by atoms with Crippen LogP contribution in [-0.2, 0) is 6.54 Å². The molecule has 0 bridgehead atoms. The Morgan fingerprint density at radius 3 is 2.52 bits per heavy atom. The summed E-state index contributed by atoms with van der Waals surface area (Å²) < 4.78 is 24.6. The minimum absolute atomic E-state index is 0.159. The van der Waals surface area contributed by atoms with Crippen molar-refractivity contribution in [3.8, 4) is 22.7 Å². The van der Waals surface area contributed by atoms with Crippen LogP contribution in [0.25, 0.3) is 22.7 Å². The molecule has 0 atom stereocenters. The van der Waals surface area contributed by atoms with Gasteiger partial charge in [-0.25, -0.2) is 4.39 Å². The van der Waals surface area contributed by atoms with Crippen LogP contribution >= 0.6 is 11.6 Å². The van der Waals surface area contributed by atoms with E-state index >= 15 is 0 Å². The molecule has 0 radical (unpaired) electrons. The van der Waals surface area contributed by atoms with E-state index < -0.39 is 5.82 Å². The van der Waals surface area contributed by atoms with Crippen LogP contribution in [0.2, 0.25) is 5.02 Å². The number of amides is 1. The summed E-state index contributed by atoms with van der Waals surface area (Å²) in [6, 6.07) is 14.9. The highest BCUT2D eigenvalue weighted by molar-refractivity contribution is 6.30. The van der Waals surface area contributed by atoms with E-state index in [1.807, 2.05) is 12.1 Å². The van der Waals surface area contributed by atoms with Gasteiger partial charge in [0.05, 0.1) is 12.1 Å². The number of aromatic nitrogens is 3. The smallest absolute Gasteiger partial charge is 0.276 e. The Morgan fingerprint density at radius 2 is 1.76 bits per heavy atom. The summed E-state index contributed by atoms with van der Waals surface area (Å²) in [6.45, 7) is 2.80. The Balaban J connectivity index is 1.17. The zero-order valence-electron chi connectivity index (χ0n) is 17.4. The van der Waals surface area contributed by atoms with Gasteiger partial charge in [-0.05, 0) is 36.4 Å². The van der Waals surface area contributed by atoms with Crippen LogP contribution in [-0.4, -0.2) is 57.2 Å². The summed E-state index contributed by atoms with van der Waals surface area (Å²) >= 11 is 5.92. The SMILES string of the molecule is O=C(c1cc(-c2ccccc2F)on1)N1CCN(Cc2nc(-c3ccc(Cl)cc3)no2)CC1. The van der Waals surface area contributed by atoms with Crippen molar-refractivity contribution >= 4 is 17.5 Å². The fraction of sp³-hybridized carbons (Fsp3) is 0.217. The van der Waals surface area contributed by atoms with Gasteiger partial charge in [-0.2, -0.15) is 4.98 Å². The van der Waals surface area contributed by atoms with Crippen LogP contribution in [0.3, 0.4) is 0 Å². The molecule has 0 aliphatic carbocycles. The predicted molar refractivity (Wildman–Crippen MR) is 118 cm³/mol. The van der Waals surface area contributed by atoms with Crippen molar-refractivity contribution < 1.29 is 18.2 Å². The first-order valence-corrected chi connectivity index (χ1v) is 10.8. The topological polar surface area (TPSA) is 88.5 Å². The average molecular weight is 468 g/mol. The molecule has 4 aromatic rings. The van der Waals surface area contributed by atoms with Gasteiger partial charge in [-0.3, -0.25) is 9.69 Å². The number of benzene rings is 2. The van der Waals surface area contributed by atoms with Gasteiger partial charge in [-0.15, -0.1) is 0 Å². The molecule has 33 heavy (non-hydrogen) atoms. The van der Waals surface area contributed by atoms with E-state index in [1.165, 1.54) is 12.1 Å². The lowest BCUT2D eigenvalue weighted by Crippen LogP contribution is -2.48. The summed E-state index contributed by atoms with van der Waals surface area (Å²) in [5.41, 5.74) is 1.25. The van der Waals surface area contributed by atoms with Gasteiger partial charge < -0.3 is 13.9 Å². The van der Waals surface area contributed by atoms with Gasteiger partial charge in [-0.1, -0.05) is 34.0 Å². The lowest BCUT2D eigenvalue weighted by molar-refractivity contribution is 0.0605. The highest BCUT2D eigenvalue weighted by atomic mass is 35.5. The van der Waals surface area contributed by atoms with E-state index in [9.17, 15) is 9.18 Å². The second kappa shape index (κ2) is 9.13. The van der Waals surface area contributed by atoms with Gasteiger partial charge in [0, 0.05) is 42.8 Å². The quantitative estimate of drug-likeness (QED) is 0.435. The molecule has 0 unspecified atom stereocenters. The van der Waals surface area contributed by atoms with Gasteiger partial charge in [0.1, 0.15) is 5.82 Å². The first-order chi connectivity index (χ1) is 16.1. The third-order valence-electron chi connectivity index (χ3n) is 5.46. The molecular weight excluding hydrogens is 449 g/mol. The highest BCUT2D eigenvalue weighted by Crippen LogP contribution is 2.24. The van der Waals surface area contributed by atoms with Crippen molar-refractivity contribution in [3.63, 3.8) is 0 Å². The molecule has 2 aromatic carbocycles. The van der Waals surface area contributed by atoms with Gasteiger partial charge in [0.15, 0.2) is 11.5 Å². The summed E-state index contributed by atoms with van der Waals surface area (Å²) in [7, 11) is 0. The molecule has 2 aromatic heterocycles. The minimum Gasteiger partial charge on any atom is -0.355 e. The molecule has 3 heterocycles.